The molecule has 1 fully saturated rings. The molecule has 2 amide bonds. The summed E-state index contributed by atoms with van der Waals surface area (Å²) in [5.74, 6) is 0.311. The number of carbonyl (C=O) groups is 2. The zero-order valence-electron chi connectivity index (χ0n) is 18.2. The van der Waals surface area contributed by atoms with Crippen LogP contribution in [0.4, 0.5) is 10.1 Å². The second kappa shape index (κ2) is 9.47. The first-order valence-electron chi connectivity index (χ1n) is 11.3. The third kappa shape index (κ3) is 4.71. The van der Waals surface area contributed by atoms with Crippen molar-refractivity contribution in [2.45, 2.75) is 56.4 Å². The van der Waals surface area contributed by atoms with Crippen LogP contribution in [0.2, 0.25) is 0 Å². The number of carbonyl (C=O) groups excluding carboxylic acids is 2. The lowest BCUT2D eigenvalue weighted by Crippen LogP contribution is -2.43. The Bertz CT molecular complexity index is 1140. The quantitative estimate of drug-likeness (QED) is 0.705. The minimum Gasteiger partial charge on any atom is -0.353 e. The number of nitrogens with one attached hydrogen (secondary N) is 1. The predicted molar refractivity (Wildman–Crippen MR) is 128 cm³/mol. The van der Waals surface area contributed by atoms with Crippen LogP contribution in [0.1, 0.15) is 49.7 Å². The van der Waals surface area contributed by atoms with Gasteiger partial charge < -0.3 is 5.32 Å². The Kier molecular flexibility index (Phi) is 6.26. The summed E-state index contributed by atoms with van der Waals surface area (Å²) < 4.78 is 13.6. The van der Waals surface area contributed by atoms with E-state index in [2.05, 4.69) is 10.3 Å². The molecular formula is C25H25FN4O2S. The highest BCUT2D eigenvalue weighted by molar-refractivity contribution is 8.13. The average molecular weight is 465 g/mol. The zero-order valence-corrected chi connectivity index (χ0v) is 19.0. The lowest BCUT2D eigenvalue weighted by molar-refractivity contribution is -0.129. The van der Waals surface area contributed by atoms with E-state index < -0.39 is 6.04 Å². The fraction of sp³-hybridized carbons (Fsp3) is 0.360. The molecule has 1 aliphatic carbocycles. The van der Waals surface area contributed by atoms with E-state index in [1.54, 1.807) is 6.07 Å². The Labute approximate surface area is 196 Å². The highest BCUT2D eigenvalue weighted by atomic mass is 32.2. The largest absolute Gasteiger partial charge is 0.353 e. The molecule has 3 aliphatic rings. The third-order valence-corrected chi connectivity index (χ3v) is 7.16. The summed E-state index contributed by atoms with van der Waals surface area (Å²) in [6.07, 6.45) is 5.48. The number of amides is 2. The van der Waals surface area contributed by atoms with Gasteiger partial charge in [0, 0.05) is 17.4 Å². The van der Waals surface area contributed by atoms with Crippen molar-refractivity contribution in [2.75, 3.05) is 0 Å². The minimum absolute atomic E-state index is 0.0271. The first kappa shape index (κ1) is 21.8. The number of benzene rings is 2. The van der Waals surface area contributed by atoms with Gasteiger partial charge >= 0.3 is 0 Å². The van der Waals surface area contributed by atoms with Gasteiger partial charge in [-0.2, -0.15) is 0 Å². The number of hydrogen-bond acceptors (Lipinski definition) is 5. The molecule has 0 radical (unpaired) electrons. The van der Waals surface area contributed by atoms with Gasteiger partial charge in [-0.1, -0.05) is 55.3 Å². The van der Waals surface area contributed by atoms with Gasteiger partial charge in [0.2, 0.25) is 5.91 Å². The van der Waals surface area contributed by atoms with Crippen LogP contribution >= 0.6 is 11.8 Å². The van der Waals surface area contributed by atoms with Crippen LogP contribution in [0.3, 0.4) is 0 Å². The van der Waals surface area contributed by atoms with E-state index in [1.165, 1.54) is 35.2 Å². The molecule has 170 valence electrons. The maximum atomic E-state index is 13.6. The molecule has 0 spiro atoms. The van der Waals surface area contributed by atoms with E-state index in [0.29, 0.717) is 16.8 Å². The van der Waals surface area contributed by atoms with Gasteiger partial charge in [-0.05, 0) is 42.7 Å². The van der Waals surface area contributed by atoms with Crippen molar-refractivity contribution in [1.82, 2.24) is 10.2 Å². The molecule has 2 aromatic rings. The van der Waals surface area contributed by atoms with E-state index in [1.807, 2.05) is 30.3 Å². The van der Waals surface area contributed by atoms with E-state index in [4.69, 9.17) is 4.99 Å². The number of nitrogens with zero attached hydrogens (tertiary/aromatic N) is 3. The molecule has 8 heteroatoms. The second-order valence-electron chi connectivity index (χ2n) is 8.58. The standard InChI is InChI=1S/C25H25FN4O2S/c26-17-8-6-7-16(13-17)15-33-25-29-20-12-5-4-11-19(20)23-28-21(24(32)30(23)25)14-22(31)27-18-9-2-1-3-10-18/h4-8,11-13,18,21H,1-3,9-10,14-15H2,(H,27,31)/t21-/m0/s1. The summed E-state index contributed by atoms with van der Waals surface area (Å²) in [7, 11) is 0. The monoisotopic (exact) mass is 464 g/mol. The summed E-state index contributed by atoms with van der Waals surface area (Å²) in [5.41, 5.74) is 2.31. The normalized spacial score (nSPS) is 20.1. The van der Waals surface area contributed by atoms with Crippen molar-refractivity contribution in [3.05, 3.63) is 65.5 Å². The molecule has 0 unspecified atom stereocenters. The lowest BCUT2D eigenvalue weighted by atomic mass is 9.95. The van der Waals surface area contributed by atoms with Crippen LogP contribution in [0.5, 0.6) is 0 Å². The predicted octanol–water partition coefficient (Wildman–Crippen LogP) is 4.56. The highest BCUT2D eigenvalue weighted by Crippen LogP contribution is 2.35. The number of halogens is 1. The molecule has 0 bridgehead atoms. The summed E-state index contributed by atoms with van der Waals surface area (Å²) in [6.45, 7) is 0. The lowest BCUT2D eigenvalue weighted by Gasteiger charge is -2.25. The number of para-hydroxylation sites is 1. The summed E-state index contributed by atoms with van der Waals surface area (Å²) >= 11 is 1.36. The van der Waals surface area contributed by atoms with Crippen LogP contribution < -0.4 is 5.32 Å². The molecule has 2 aliphatic heterocycles. The van der Waals surface area contributed by atoms with Crippen molar-refractivity contribution in [3.8, 4) is 0 Å². The fourth-order valence-electron chi connectivity index (χ4n) is 4.52. The zero-order chi connectivity index (χ0) is 22.8. The van der Waals surface area contributed by atoms with Crippen molar-refractivity contribution >= 4 is 40.3 Å². The molecule has 2 aromatic carbocycles. The average Bonchev–Trinajstić information content (AvgIpc) is 3.14. The van der Waals surface area contributed by atoms with E-state index in [0.717, 1.165) is 42.5 Å². The Hall–Kier alpha value is -3.00. The topological polar surface area (TPSA) is 74.1 Å². The summed E-state index contributed by atoms with van der Waals surface area (Å²) in [5, 5.41) is 3.58. The minimum atomic E-state index is -0.769. The molecule has 33 heavy (non-hydrogen) atoms. The molecule has 0 aromatic heterocycles. The number of aliphatic imine (C=N–C) groups is 2. The van der Waals surface area contributed by atoms with Gasteiger partial charge in [0.25, 0.3) is 5.91 Å². The van der Waals surface area contributed by atoms with Gasteiger partial charge in [0.1, 0.15) is 17.7 Å². The van der Waals surface area contributed by atoms with Crippen LogP contribution in [-0.2, 0) is 15.3 Å². The van der Waals surface area contributed by atoms with Gasteiger partial charge in [-0.15, -0.1) is 0 Å². The van der Waals surface area contributed by atoms with Crippen molar-refractivity contribution in [2.24, 2.45) is 9.98 Å². The molecular weight excluding hydrogens is 439 g/mol. The van der Waals surface area contributed by atoms with Gasteiger partial charge in [0.05, 0.1) is 12.1 Å². The summed E-state index contributed by atoms with van der Waals surface area (Å²) in [4.78, 5) is 36.9. The van der Waals surface area contributed by atoms with Crippen molar-refractivity contribution in [1.29, 1.82) is 0 Å². The number of hydrogen-bond donors (Lipinski definition) is 1. The number of fused-ring (bicyclic) bond motifs is 3. The molecule has 0 saturated heterocycles. The number of rotatable bonds is 5. The van der Waals surface area contributed by atoms with Gasteiger partial charge in [-0.25, -0.2) is 14.3 Å². The number of thioether (sulfide) groups is 1. The molecule has 6 nitrogen and oxygen atoms in total. The van der Waals surface area contributed by atoms with E-state index in [9.17, 15) is 14.0 Å². The van der Waals surface area contributed by atoms with Crippen LogP contribution in [0.25, 0.3) is 0 Å². The van der Waals surface area contributed by atoms with Crippen molar-refractivity contribution < 1.29 is 14.0 Å². The Morgan fingerprint density at radius 3 is 2.76 bits per heavy atom. The van der Waals surface area contributed by atoms with E-state index >= 15 is 0 Å². The Morgan fingerprint density at radius 1 is 1.12 bits per heavy atom. The highest BCUT2D eigenvalue weighted by Gasteiger charge is 2.42. The second-order valence-corrected chi connectivity index (χ2v) is 9.52. The van der Waals surface area contributed by atoms with E-state index in [-0.39, 0.29) is 30.1 Å². The van der Waals surface area contributed by atoms with Gasteiger partial charge in [-0.3, -0.25) is 14.6 Å². The van der Waals surface area contributed by atoms with Gasteiger partial charge in [0.15, 0.2) is 5.17 Å². The fourth-order valence-corrected chi connectivity index (χ4v) is 5.46. The van der Waals surface area contributed by atoms with Crippen LogP contribution in [-0.4, -0.2) is 39.8 Å². The Morgan fingerprint density at radius 2 is 1.94 bits per heavy atom. The smallest absolute Gasteiger partial charge is 0.259 e. The molecule has 5 rings (SSSR count). The number of amidine groups is 2. The maximum Gasteiger partial charge on any atom is 0.259 e. The maximum absolute atomic E-state index is 13.6. The van der Waals surface area contributed by atoms with Crippen LogP contribution in [0.15, 0.2) is 58.5 Å². The Balaban J connectivity index is 1.35. The summed E-state index contributed by atoms with van der Waals surface area (Å²) in [6, 6.07) is 13.3. The van der Waals surface area contributed by atoms with Crippen LogP contribution in [0, 0.1) is 5.82 Å². The third-order valence-electron chi connectivity index (χ3n) is 6.15. The molecule has 1 N–H and O–H groups in total. The molecule has 2 heterocycles. The SMILES string of the molecule is O=C(C[C@@H]1N=C2c3ccccc3N=C(SCc3cccc(F)c3)N2C1=O)NC1CCCCC1. The first-order chi connectivity index (χ1) is 16.1. The van der Waals surface area contributed by atoms with Crippen molar-refractivity contribution in [3.63, 3.8) is 0 Å². The molecule has 1 saturated carbocycles. The first-order valence-corrected chi connectivity index (χ1v) is 12.3. The molecule has 1 atom stereocenters.